The van der Waals surface area contributed by atoms with Crippen molar-refractivity contribution < 1.29 is 37.4 Å². The molecule has 2 aromatic heterocycles. The summed E-state index contributed by atoms with van der Waals surface area (Å²) >= 11 is 1.25. The first kappa shape index (κ1) is 37.0. The van der Waals surface area contributed by atoms with Gasteiger partial charge in [0, 0.05) is 83.5 Å². The minimum atomic E-state index is -0.614. The van der Waals surface area contributed by atoms with Crippen molar-refractivity contribution in [2.45, 2.75) is 26.7 Å². The zero-order chi connectivity index (χ0) is 36.8. The van der Waals surface area contributed by atoms with E-state index >= 15 is 4.39 Å². The van der Waals surface area contributed by atoms with Gasteiger partial charge in [0.1, 0.15) is 28.9 Å². The summed E-state index contributed by atoms with van der Waals surface area (Å²) in [5.74, 6) is -1.10. The molecule has 0 N–H and O–H groups in total. The first-order valence-electron chi connectivity index (χ1n) is 17.3. The van der Waals surface area contributed by atoms with Crippen LogP contribution in [0.15, 0.2) is 54.7 Å². The van der Waals surface area contributed by atoms with E-state index in [4.69, 9.17) is 9.47 Å². The van der Waals surface area contributed by atoms with Crippen molar-refractivity contribution in [2.24, 2.45) is 0 Å². The molecule has 2 amide bonds. The van der Waals surface area contributed by atoms with Gasteiger partial charge in [0.15, 0.2) is 0 Å². The number of amides is 2. The number of benzene rings is 2. The number of nitrogens with zero attached hydrogens (tertiary/aromatic N) is 5. The summed E-state index contributed by atoms with van der Waals surface area (Å²) in [6, 6.07) is 12.2. The fraction of sp³-hybridized carbons (Fsp3) is 0.395. The molecule has 0 atom stereocenters. The van der Waals surface area contributed by atoms with Crippen molar-refractivity contribution >= 4 is 45.1 Å². The van der Waals surface area contributed by atoms with Gasteiger partial charge < -0.3 is 19.3 Å². The Labute approximate surface area is 304 Å². The Hall–Kier alpha value is -4.79. The molecule has 2 aromatic carbocycles. The topological polar surface area (TPSA) is 113 Å². The highest BCUT2D eigenvalue weighted by Crippen LogP contribution is 2.36. The number of carbonyl (C=O) groups excluding carboxylic acids is 4. The third-order valence-corrected chi connectivity index (χ3v) is 10.3. The van der Waals surface area contributed by atoms with Gasteiger partial charge in [-0.05, 0) is 43.2 Å². The SMILES string of the molecule is CCOC(=O)CN1CCN(C(=O)CN2CCN(C(=O)c3cc4nccc(Oc5ccc(CC(=O)Cc6cc(C)ccc6F)c(F)c5)c4s3)CC2)CC1. The van der Waals surface area contributed by atoms with Crippen LogP contribution in [0.2, 0.25) is 0 Å². The highest BCUT2D eigenvalue weighted by atomic mass is 32.1. The zero-order valence-corrected chi connectivity index (χ0v) is 30.1. The van der Waals surface area contributed by atoms with Crippen LogP contribution in [0.1, 0.15) is 33.3 Å². The molecule has 52 heavy (non-hydrogen) atoms. The Kier molecular flexibility index (Phi) is 11.9. The average Bonchev–Trinajstić information content (AvgIpc) is 3.57. The van der Waals surface area contributed by atoms with Gasteiger partial charge in [0.2, 0.25) is 5.91 Å². The summed E-state index contributed by atoms with van der Waals surface area (Å²) in [5.41, 5.74) is 1.88. The number of halogens is 2. The fourth-order valence-corrected chi connectivity index (χ4v) is 7.42. The second kappa shape index (κ2) is 16.7. The molecule has 0 radical (unpaired) electrons. The fourth-order valence-electron chi connectivity index (χ4n) is 6.39. The summed E-state index contributed by atoms with van der Waals surface area (Å²) < 4.78 is 40.9. The van der Waals surface area contributed by atoms with E-state index in [1.54, 1.807) is 48.4 Å². The molecule has 11 nitrogen and oxygen atoms in total. The Morgan fingerprint density at radius 1 is 0.788 bits per heavy atom. The van der Waals surface area contributed by atoms with Gasteiger partial charge in [-0.2, -0.15) is 0 Å². The van der Waals surface area contributed by atoms with Crippen LogP contribution in [0.4, 0.5) is 8.78 Å². The maximum Gasteiger partial charge on any atom is 0.320 e. The molecule has 0 aliphatic carbocycles. The molecule has 0 spiro atoms. The van der Waals surface area contributed by atoms with Crippen LogP contribution in [0.5, 0.6) is 11.5 Å². The molecule has 2 saturated heterocycles. The average molecular weight is 734 g/mol. The van der Waals surface area contributed by atoms with Crippen LogP contribution < -0.4 is 4.74 Å². The summed E-state index contributed by atoms with van der Waals surface area (Å²) in [5, 5.41) is 0. The molecule has 4 aromatic rings. The van der Waals surface area contributed by atoms with Crippen LogP contribution in [0.3, 0.4) is 0 Å². The number of carbonyl (C=O) groups is 4. The minimum Gasteiger partial charge on any atom is -0.465 e. The van der Waals surface area contributed by atoms with Gasteiger partial charge in [0.25, 0.3) is 5.91 Å². The number of ketones is 1. The van der Waals surface area contributed by atoms with Gasteiger partial charge in [-0.15, -0.1) is 11.3 Å². The molecule has 2 aliphatic heterocycles. The third kappa shape index (κ3) is 9.16. The predicted octanol–water partition coefficient (Wildman–Crippen LogP) is 4.49. The van der Waals surface area contributed by atoms with Gasteiger partial charge in [-0.1, -0.05) is 23.8 Å². The first-order valence-corrected chi connectivity index (χ1v) is 18.2. The normalized spacial score (nSPS) is 15.5. The number of piperazine rings is 2. The molecular formula is C38H41F2N5O6S. The Morgan fingerprint density at radius 3 is 2.19 bits per heavy atom. The molecule has 0 bridgehead atoms. The number of aryl methyl sites for hydroxylation is 1. The molecule has 2 aliphatic rings. The van der Waals surface area contributed by atoms with Crippen LogP contribution in [-0.2, 0) is 32.0 Å². The second-order valence-electron chi connectivity index (χ2n) is 13.0. The van der Waals surface area contributed by atoms with Crippen LogP contribution in [-0.4, -0.2) is 120 Å². The summed E-state index contributed by atoms with van der Waals surface area (Å²) in [7, 11) is 0. The number of hydrogen-bond donors (Lipinski definition) is 0. The van der Waals surface area contributed by atoms with Crippen molar-refractivity contribution in [3.8, 4) is 11.5 Å². The lowest BCUT2D eigenvalue weighted by Gasteiger charge is -2.37. The molecule has 2 fully saturated rings. The Bertz CT molecular complexity index is 1960. The van der Waals surface area contributed by atoms with Crippen molar-refractivity contribution in [1.29, 1.82) is 0 Å². The van der Waals surface area contributed by atoms with E-state index in [2.05, 4.69) is 9.88 Å². The number of Topliss-reactive ketones (excluding diaryl/α,β-unsaturated/α-hetero) is 1. The van der Waals surface area contributed by atoms with Crippen LogP contribution in [0, 0.1) is 18.6 Å². The number of aromatic nitrogens is 1. The molecule has 274 valence electrons. The van der Waals surface area contributed by atoms with Crippen molar-refractivity contribution in [3.63, 3.8) is 0 Å². The quantitative estimate of drug-likeness (QED) is 0.195. The molecule has 0 saturated carbocycles. The van der Waals surface area contributed by atoms with E-state index in [0.717, 1.165) is 5.56 Å². The van der Waals surface area contributed by atoms with E-state index in [1.165, 1.54) is 29.5 Å². The standard InChI is InChI=1S/C38H41F2N5O6S/c1-3-50-36(48)24-43-10-14-44(15-11-43)35(47)23-42-12-16-45(17-13-42)38(49)34-22-32-37(52-34)33(8-9-41-32)51-29-6-5-26(31(40)21-29)19-28(46)20-27-18-25(2)4-7-30(27)39/h4-9,18,21-22H,3,10-17,19-20,23-24H2,1-2H3. The smallest absolute Gasteiger partial charge is 0.320 e. The van der Waals surface area contributed by atoms with Crippen molar-refractivity contribution in [3.05, 3.63) is 87.9 Å². The van der Waals surface area contributed by atoms with Crippen molar-refractivity contribution in [1.82, 2.24) is 24.6 Å². The second-order valence-corrected chi connectivity index (χ2v) is 14.1. The molecule has 6 rings (SSSR count). The maximum absolute atomic E-state index is 15.1. The summed E-state index contributed by atoms with van der Waals surface area (Å²) in [6.45, 7) is 8.87. The van der Waals surface area contributed by atoms with E-state index in [-0.39, 0.29) is 66.4 Å². The summed E-state index contributed by atoms with van der Waals surface area (Å²) in [6.07, 6.45) is 1.24. The predicted molar refractivity (Wildman–Crippen MR) is 192 cm³/mol. The van der Waals surface area contributed by atoms with Gasteiger partial charge in [-0.3, -0.25) is 34.0 Å². The van der Waals surface area contributed by atoms with Crippen LogP contribution >= 0.6 is 11.3 Å². The lowest BCUT2D eigenvalue weighted by Crippen LogP contribution is -2.54. The lowest BCUT2D eigenvalue weighted by atomic mass is 10.0. The largest absolute Gasteiger partial charge is 0.465 e. The highest BCUT2D eigenvalue weighted by Gasteiger charge is 2.28. The van der Waals surface area contributed by atoms with E-state index in [1.807, 2.05) is 16.7 Å². The number of esters is 1. The monoisotopic (exact) mass is 733 g/mol. The van der Waals surface area contributed by atoms with Gasteiger partial charge in [0.05, 0.1) is 34.8 Å². The van der Waals surface area contributed by atoms with Gasteiger partial charge >= 0.3 is 5.97 Å². The van der Waals surface area contributed by atoms with Crippen molar-refractivity contribution in [2.75, 3.05) is 72.1 Å². The molecule has 4 heterocycles. The number of pyridine rings is 1. The van der Waals surface area contributed by atoms with E-state index in [9.17, 15) is 23.6 Å². The molecular weight excluding hydrogens is 693 g/mol. The lowest BCUT2D eigenvalue weighted by molar-refractivity contribution is -0.145. The van der Waals surface area contributed by atoms with Gasteiger partial charge in [-0.25, -0.2) is 8.78 Å². The zero-order valence-electron chi connectivity index (χ0n) is 29.2. The maximum atomic E-state index is 15.1. The third-order valence-electron chi connectivity index (χ3n) is 9.22. The molecule has 0 unspecified atom stereocenters. The Balaban J connectivity index is 1.01. The summed E-state index contributed by atoms with van der Waals surface area (Å²) in [4.78, 5) is 63.4. The number of thiophene rings is 1. The number of rotatable bonds is 12. The Morgan fingerprint density at radius 2 is 1.48 bits per heavy atom. The minimum absolute atomic E-state index is 0.0384. The van der Waals surface area contributed by atoms with Crippen LogP contribution in [0.25, 0.3) is 10.2 Å². The van der Waals surface area contributed by atoms with E-state index < -0.39 is 11.6 Å². The number of ether oxygens (including phenoxy) is 2. The van der Waals surface area contributed by atoms with E-state index in [0.29, 0.717) is 79.8 Å². The number of fused-ring (bicyclic) bond motifs is 1. The molecule has 14 heteroatoms. The highest BCUT2D eigenvalue weighted by molar-refractivity contribution is 7.21. The number of hydrogen-bond acceptors (Lipinski definition) is 10. The first-order chi connectivity index (χ1) is 25.1.